The first-order chi connectivity index (χ1) is 11.1. The Morgan fingerprint density at radius 3 is 2.61 bits per heavy atom. The minimum absolute atomic E-state index is 0.244. The van der Waals surface area contributed by atoms with Gasteiger partial charge in [0.2, 0.25) is 6.79 Å². The van der Waals surface area contributed by atoms with Crippen LogP contribution in [0.4, 0.5) is 0 Å². The van der Waals surface area contributed by atoms with Gasteiger partial charge in [-0.25, -0.2) is 4.79 Å². The lowest BCUT2D eigenvalue weighted by atomic mass is 10.1. The van der Waals surface area contributed by atoms with E-state index >= 15 is 0 Å². The second kappa shape index (κ2) is 8.17. The molecule has 0 N–H and O–H groups in total. The summed E-state index contributed by atoms with van der Waals surface area (Å²) >= 11 is 0. The number of hydrogen-bond acceptors (Lipinski definition) is 5. The Kier molecular flexibility index (Phi) is 5.97. The van der Waals surface area contributed by atoms with Crippen molar-refractivity contribution in [3.8, 4) is 0 Å². The Hall–Kier alpha value is -2.56. The molecular weight excluding hydrogens is 294 g/mol. The Balaban J connectivity index is 1.86. The third-order valence-electron chi connectivity index (χ3n) is 3.29. The number of esters is 2. The molecule has 0 fully saturated rings. The summed E-state index contributed by atoms with van der Waals surface area (Å²) in [5.74, 6) is -1.10. The Morgan fingerprint density at radius 1 is 1.17 bits per heavy atom. The predicted molar refractivity (Wildman–Crippen MR) is 85.7 cm³/mol. The van der Waals surface area contributed by atoms with Crippen molar-refractivity contribution < 1.29 is 19.1 Å². The summed E-state index contributed by atoms with van der Waals surface area (Å²) in [7, 11) is 0. The van der Waals surface area contributed by atoms with Crippen molar-refractivity contribution in [2.75, 3.05) is 6.79 Å². The van der Waals surface area contributed by atoms with E-state index in [1.807, 2.05) is 47.5 Å². The van der Waals surface area contributed by atoms with Crippen molar-refractivity contribution in [3.05, 3.63) is 59.9 Å². The second-order valence-electron chi connectivity index (χ2n) is 5.57. The van der Waals surface area contributed by atoms with Crippen LogP contribution in [0.5, 0.6) is 0 Å². The first-order valence-electron chi connectivity index (χ1n) is 7.57. The third kappa shape index (κ3) is 5.29. The van der Waals surface area contributed by atoms with Gasteiger partial charge in [0.1, 0.15) is 0 Å². The average molecular weight is 315 g/mol. The van der Waals surface area contributed by atoms with Crippen LogP contribution < -0.4 is 0 Å². The molecule has 0 saturated carbocycles. The van der Waals surface area contributed by atoms with Crippen LogP contribution in [0.25, 0.3) is 0 Å². The molecule has 0 saturated heterocycles. The first kappa shape index (κ1) is 16.8. The van der Waals surface area contributed by atoms with Gasteiger partial charge in [-0.2, -0.15) is 0 Å². The largest absolute Gasteiger partial charge is 0.428 e. The zero-order chi connectivity index (χ0) is 16.7. The lowest BCUT2D eigenvalue weighted by Gasteiger charge is -2.21. The monoisotopic (exact) mass is 315 g/mol. The number of allylic oxidation sites excluding steroid dienone is 1. The van der Waals surface area contributed by atoms with E-state index in [-0.39, 0.29) is 18.7 Å². The lowest BCUT2D eigenvalue weighted by Crippen LogP contribution is -2.20. The van der Waals surface area contributed by atoms with Crippen LogP contribution in [-0.4, -0.2) is 23.6 Å². The molecule has 23 heavy (non-hydrogen) atoms. The molecule has 0 unspecified atom stereocenters. The van der Waals surface area contributed by atoms with Crippen LogP contribution in [0.15, 0.2) is 54.4 Å². The molecule has 0 aliphatic carbocycles. The van der Waals surface area contributed by atoms with Crippen LogP contribution in [0.3, 0.4) is 0 Å². The second-order valence-corrected chi connectivity index (χ2v) is 5.57. The number of carbonyl (C=O) groups excluding carboxylic acids is 2. The molecule has 0 bridgehead atoms. The van der Waals surface area contributed by atoms with Gasteiger partial charge in [0.15, 0.2) is 0 Å². The van der Waals surface area contributed by atoms with E-state index in [0.29, 0.717) is 18.5 Å². The van der Waals surface area contributed by atoms with Gasteiger partial charge < -0.3 is 14.4 Å². The Morgan fingerprint density at radius 2 is 1.91 bits per heavy atom. The highest BCUT2D eigenvalue weighted by Gasteiger charge is 2.16. The van der Waals surface area contributed by atoms with Gasteiger partial charge in [-0.05, 0) is 5.56 Å². The molecule has 0 radical (unpaired) electrons. The minimum atomic E-state index is -0.469. The summed E-state index contributed by atoms with van der Waals surface area (Å²) in [5, 5.41) is 0. The summed E-state index contributed by atoms with van der Waals surface area (Å²) in [6.45, 7) is 3.77. The Bertz CT molecular complexity index is 605. The number of nitrogens with zero attached hydrogens (tertiary/aromatic N) is 1. The minimum Gasteiger partial charge on any atom is -0.428 e. The standard InChI is InChI=1S/C18H21NO4/c1-14(2)17(20)22-13-23-18(21)16-9-6-10-19(12-16)11-15-7-4-3-5-8-15/h3-8,10,12,14H,9,11,13H2,1-2H3. The normalized spacial score (nSPS) is 13.7. The fourth-order valence-corrected chi connectivity index (χ4v) is 2.04. The molecular formula is C18H21NO4. The van der Waals surface area contributed by atoms with Gasteiger partial charge in [-0.15, -0.1) is 0 Å². The van der Waals surface area contributed by atoms with E-state index in [0.717, 1.165) is 5.56 Å². The summed E-state index contributed by atoms with van der Waals surface area (Å²) < 4.78 is 9.84. The number of carbonyl (C=O) groups is 2. The van der Waals surface area contributed by atoms with E-state index in [9.17, 15) is 9.59 Å². The summed E-state index contributed by atoms with van der Waals surface area (Å²) in [4.78, 5) is 25.2. The van der Waals surface area contributed by atoms with Crippen molar-refractivity contribution >= 4 is 11.9 Å². The zero-order valence-corrected chi connectivity index (χ0v) is 13.4. The highest BCUT2D eigenvalue weighted by Crippen LogP contribution is 2.16. The van der Waals surface area contributed by atoms with Gasteiger partial charge in [-0.1, -0.05) is 50.3 Å². The van der Waals surface area contributed by atoms with Crippen LogP contribution >= 0.6 is 0 Å². The van der Waals surface area contributed by atoms with Crippen LogP contribution in [-0.2, 0) is 25.6 Å². The first-order valence-corrected chi connectivity index (χ1v) is 7.57. The van der Waals surface area contributed by atoms with E-state index in [1.54, 1.807) is 20.0 Å². The van der Waals surface area contributed by atoms with E-state index in [1.165, 1.54) is 0 Å². The zero-order valence-electron chi connectivity index (χ0n) is 13.4. The summed E-state index contributed by atoms with van der Waals surface area (Å²) in [6.07, 6.45) is 6.10. The third-order valence-corrected chi connectivity index (χ3v) is 3.29. The number of benzene rings is 1. The molecule has 1 aliphatic heterocycles. The fraction of sp³-hybridized carbons (Fsp3) is 0.333. The smallest absolute Gasteiger partial charge is 0.338 e. The van der Waals surface area contributed by atoms with E-state index in [2.05, 4.69) is 0 Å². The van der Waals surface area contributed by atoms with Gasteiger partial charge in [0.25, 0.3) is 0 Å². The maximum absolute atomic E-state index is 12.0. The number of hydrogen-bond donors (Lipinski definition) is 0. The molecule has 1 heterocycles. The predicted octanol–water partition coefficient (Wildman–Crippen LogP) is 2.99. The van der Waals surface area contributed by atoms with Crippen molar-refractivity contribution in [1.82, 2.24) is 4.90 Å². The molecule has 1 aliphatic rings. The maximum Gasteiger partial charge on any atom is 0.338 e. The summed E-state index contributed by atoms with van der Waals surface area (Å²) in [6, 6.07) is 9.97. The van der Waals surface area contributed by atoms with Gasteiger partial charge in [0, 0.05) is 25.4 Å². The summed E-state index contributed by atoms with van der Waals surface area (Å²) in [5.41, 5.74) is 1.68. The molecule has 0 atom stereocenters. The topological polar surface area (TPSA) is 55.8 Å². The van der Waals surface area contributed by atoms with Crippen molar-refractivity contribution in [2.45, 2.75) is 26.8 Å². The Labute approximate surface area is 136 Å². The molecule has 5 heteroatoms. The van der Waals surface area contributed by atoms with Crippen molar-refractivity contribution in [3.63, 3.8) is 0 Å². The van der Waals surface area contributed by atoms with E-state index in [4.69, 9.17) is 9.47 Å². The molecule has 5 nitrogen and oxygen atoms in total. The quantitative estimate of drug-likeness (QED) is 0.596. The highest BCUT2D eigenvalue weighted by atomic mass is 16.7. The molecule has 122 valence electrons. The van der Waals surface area contributed by atoms with Gasteiger partial charge in [-0.3, -0.25) is 4.79 Å². The van der Waals surface area contributed by atoms with Crippen LogP contribution in [0.2, 0.25) is 0 Å². The highest BCUT2D eigenvalue weighted by molar-refractivity contribution is 5.88. The average Bonchev–Trinajstić information content (AvgIpc) is 2.55. The van der Waals surface area contributed by atoms with Crippen LogP contribution in [0.1, 0.15) is 25.8 Å². The number of rotatable bonds is 6. The SMILES string of the molecule is CC(C)C(=O)OCOC(=O)C1=CN(Cc2ccccc2)C=CC1. The molecule has 1 aromatic carbocycles. The lowest BCUT2D eigenvalue weighted by molar-refractivity contribution is -0.167. The van der Waals surface area contributed by atoms with E-state index < -0.39 is 5.97 Å². The molecule has 0 spiro atoms. The molecule has 2 rings (SSSR count). The maximum atomic E-state index is 12.0. The fourth-order valence-electron chi connectivity index (χ4n) is 2.04. The van der Waals surface area contributed by atoms with Gasteiger partial charge in [0.05, 0.1) is 11.5 Å². The molecule has 1 aromatic rings. The van der Waals surface area contributed by atoms with Crippen LogP contribution in [0, 0.1) is 5.92 Å². The molecule has 0 aromatic heterocycles. The number of ether oxygens (including phenoxy) is 2. The van der Waals surface area contributed by atoms with Crippen molar-refractivity contribution in [1.29, 1.82) is 0 Å². The van der Waals surface area contributed by atoms with Gasteiger partial charge >= 0.3 is 11.9 Å². The van der Waals surface area contributed by atoms with Crippen molar-refractivity contribution in [2.24, 2.45) is 5.92 Å². The molecule has 0 amide bonds.